The van der Waals surface area contributed by atoms with Crippen LogP contribution in [0, 0.1) is 13.8 Å². The molecule has 1 aliphatic rings. The third-order valence-electron chi connectivity index (χ3n) is 3.43. The molecule has 1 aliphatic carbocycles. The van der Waals surface area contributed by atoms with E-state index in [-0.39, 0.29) is 5.97 Å². The Kier molecular flexibility index (Phi) is 3.90. The van der Waals surface area contributed by atoms with Gasteiger partial charge in [0.1, 0.15) is 5.75 Å². The normalized spacial score (nSPS) is 15.7. The number of ether oxygens (including phenoxy) is 1. The lowest BCUT2D eigenvalue weighted by atomic mass is 10.1. The molecule has 0 atom stereocenters. The second-order valence-corrected chi connectivity index (χ2v) is 5.16. The highest BCUT2D eigenvalue weighted by Crippen LogP contribution is 2.29. The number of nitrogens with one attached hydrogen (secondary N) is 1. The van der Waals surface area contributed by atoms with Gasteiger partial charge in [-0.1, -0.05) is 12.8 Å². The summed E-state index contributed by atoms with van der Waals surface area (Å²) in [6, 6.07) is 4.72. The molecule has 0 spiro atoms. The topological polar surface area (TPSA) is 38.3 Å². The summed E-state index contributed by atoms with van der Waals surface area (Å²) in [7, 11) is 0. The Morgan fingerprint density at radius 3 is 2.28 bits per heavy atom. The molecule has 2 rings (SSSR count). The zero-order valence-electron chi connectivity index (χ0n) is 11.4. The van der Waals surface area contributed by atoms with Crippen molar-refractivity contribution in [1.29, 1.82) is 0 Å². The lowest BCUT2D eigenvalue weighted by molar-refractivity contribution is -0.131. The van der Waals surface area contributed by atoms with Crippen molar-refractivity contribution in [2.24, 2.45) is 0 Å². The first-order chi connectivity index (χ1) is 8.56. The molecule has 0 saturated heterocycles. The smallest absolute Gasteiger partial charge is 0.308 e. The van der Waals surface area contributed by atoms with Crippen LogP contribution in [0.25, 0.3) is 0 Å². The molecule has 0 aromatic heterocycles. The van der Waals surface area contributed by atoms with Crippen LogP contribution in [0.4, 0.5) is 5.69 Å². The summed E-state index contributed by atoms with van der Waals surface area (Å²) in [5.41, 5.74) is 3.14. The van der Waals surface area contributed by atoms with Crippen LogP contribution >= 0.6 is 0 Å². The number of rotatable bonds is 3. The number of hydrogen-bond acceptors (Lipinski definition) is 3. The second-order valence-electron chi connectivity index (χ2n) is 5.16. The van der Waals surface area contributed by atoms with Gasteiger partial charge in [0.05, 0.1) is 0 Å². The van der Waals surface area contributed by atoms with Crippen molar-refractivity contribution < 1.29 is 9.53 Å². The molecular weight excluding hydrogens is 226 g/mol. The molecule has 0 heterocycles. The van der Waals surface area contributed by atoms with E-state index in [1.54, 1.807) is 0 Å². The first kappa shape index (κ1) is 12.9. The van der Waals surface area contributed by atoms with Gasteiger partial charge in [0, 0.05) is 18.7 Å². The number of carbonyl (C=O) groups excluding carboxylic acids is 1. The summed E-state index contributed by atoms with van der Waals surface area (Å²) in [5, 5.41) is 3.56. The highest BCUT2D eigenvalue weighted by atomic mass is 16.5. The van der Waals surface area contributed by atoms with Crippen LogP contribution in [-0.4, -0.2) is 12.0 Å². The van der Waals surface area contributed by atoms with Crippen molar-refractivity contribution in [3.8, 4) is 5.75 Å². The van der Waals surface area contributed by atoms with Crippen LogP contribution in [0.1, 0.15) is 43.7 Å². The first-order valence-electron chi connectivity index (χ1n) is 6.62. The average molecular weight is 247 g/mol. The fraction of sp³-hybridized carbons (Fsp3) is 0.533. The zero-order valence-corrected chi connectivity index (χ0v) is 11.4. The molecule has 18 heavy (non-hydrogen) atoms. The molecule has 1 saturated carbocycles. The van der Waals surface area contributed by atoms with E-state index in [9.17, 15) is 4.79 Å². The number of esters is 1. The van der Waals surface area contributed by atoms with Gasteiger partial charge in [-0.3, -0.25) is 4.79 Å². The second kappa shape index (κ2) is 5.42. The van der Waals surface area contributed by atoms with E-state index in [0.29, 0.717) is 11.8 Å². The fourth-order valence-corrected chi connectivity index (χ4v) is 2.64. The third kappa shape index (κ3) is 3.03. The summed E-state index contributed by atoms with van der Waals surface area (Å²) in [5.74, 6) is 0.428. The van der Waals surface area contributed by atoms with Gasteiger partial charge in [0.15, 0.2) is 0 Å². The molecule has 3 nitrogen and oxygen atoms in total. The Balaban J connectivity index is 2.16. The number of benzene rings is 1. The van der Waals surface area contributed by atoms with Gasteiger partial charge in [-0.25, -0.2) is 0 Å². The number of anilines is 1. The average Bonchev–Trinajstić information content (AvgIpc) is 2.76. The standard InChI is InChI=1S/C15H21NO2/c1-10-8-14(16-13-6-4-5-7-13)9-11(2)15(10)18-12(3)17/h8-9,13,16H,4-7H2,1-3H3. The maximum atomic E-state index is 11.0. The largest absolute Gasteiger partial charge is 0.426 e. The van der Waals surface area contributed by atoms with E-state index in [4.69, 9.17) is 4.74 Å². The Hall–Kier alpha value is -1.51. The maximum Gasteiger partial charge on any atom is 0.308 e. The van der Waals surface area contributed by atoms with Crippen LogP contribution in [0.5, 0.6) is 5.75 Å². The highest BCUT2D eigenvalue weighted by molar-refractivity contribution is 5.71. The van der Waals surface area contributed by atoms with E-state index in [1.807, 2.05) is 13.8 Å². The summed E-state index contributed by atoms with van der Waals surface area (Å²) < 4.78 is 5.23. The minimum atomic E-state index is -0.266. The van der Waals surface area contributed by atoms with E-state index < -0.39 is 0 Å². The number of aryl methyl sites for hydroxylation is 2. The van der Waals surface area contributed by atoms with Crippen LogP contribution in [0.3, 0.4) is 0 Å². The molecule has 0 bridgehead atoms. The third-order valence-corrected chi connectivity index (χ3v) is 3.43. The van der Waals surface area contributed by atoms with Gasteiger partial charge in [-0.2, -0.15) is 0 Å². The molecule has 1 fully saturated rings. The van der Waals surface area contributed by atoms with E-state index >= 15 is 0 Å². The van der Waals surface area contributed by atoms with Gasteiger partial charge < -0.3 is 10.1 Å². The Labute approximate surface area is 109 Å². The molecule has 1 aromatic carbocycles. The monoisotopic (exact) mass is 247 g/mol. The van der Waals surface area contributed by atoms with Crippen molar-refractivity contribution >= 4 is 11.7 Å². The van der Waals surface area contributed by atoms with Gasteiger partial charge in [0.25, 0.3) is 0 Å². The Morgan fingerprint density at radius 2 is 1.78 bits per heavy atom. The molecule has 0 radical (unpaired) electrons. The molecular formula is C15H21NO2. The predicted octanol–water partition coefficient (Wildman–Crippen LogP) is 3.58. The SMILES string of the molecule is CC(=O)Oc1c(C)cc(NC2CCCC2)cc1C. The zero-order chi connectivity index (χ0) is 13.1. The molecule has 0 unspecified atom stereocenters. The summed E-state index contributed by atoms with van der Waals surface area (Å²) in [6.07, 6.45) is 5.15. The first-order valence-corrected chi connectivity index (χ1v) is 6.62. The highest BCUT2D eigenvalue weighted by Gasteiger charge is 2.15. The van der Waals surface area contributed by atoms with Crippen LogP contribution in [-0.2, 0) is 4.79 Å². The number of carbonyl (C=O) groups is 1. The van der Waals surface area contributed by atoms with Crippen molar-refractivity contribution in [3.05, 3.63) is 23.3 Å². The van der Waals surface area contributed by atoms with Crippen molar-refractivity contribution in [3.63, 3.8) is 0 Å². The van der Waals surface area contributed by atoms with Crippen LogP contribution < -0.4 is 10.1 Å². The van der Waals surface area contributed by atoms with E-state index in [1.165, 1.54) is 32.6 Å². The van der Waals surface area contributed by atoms with Gasteiger partial charge in [-0.15, -0.1) is 0 Å². The molecule has 0 amide bonds. The predicted molar refractivity (Wildman–Crippen MR) is 73.1 cm³/mol. The Bertz CT molecular complexity index is 425. The maximum absolute atomic E-state index is 11.0. The molecule has 3 heteroatoms. The lowest BCUT2D eigenvalue weighted by Gasteiger charge is -2.17. The molecule has 1 N–H and O–H groups in total. The van der Waals surface area contributed by atoms with Crippen molar-refractivity contribution in [2.75, 3.05) is 5.32 Å². The van der Waals surface area contributed by atoms with Crippen molar-refractivity contribution in [2.45, 2.75) is 52.5 Å². The van der Waals surface area contributed by atoms with E-state index in [0.717, 1.165) is 16.8 Å². The molecule has 0 aliphatic heterocycles. The minimum Gasteiger partial charge on any atom is -0.426 e. The molecule has 1 aromatic rings. The quantitative estimate of drug-likeness (QED) is 0.655. The summed E-state index contributed by atoms with van der Waals surface area (Å²) >= 11 is 0. The minimum absolute atomic E-state index is 0.266. The van der Waals surface area contributed by atoms with Gasteiger partial charge >= 0.3 is 5.97 Å². The molecule has 98 valence electrons. The lowest BCUT2D eigenvalue weighted by Crippen LogP contribution is -2.15. The summed E-state index contributed by atoms with van der Waals surface area (Å²) in [4.78, 5) is 11.0. The van der Waals surface area contributed by atoms with Gasteiger partial charge in [-0.05, 0) is 49.9 Å². The van der Waals surface area contributed by atoms with Crippen LogP contribution in [0.15, 0.2) is 12.1 Å². The fourth-order valence-electron chi connectivity index (χ4n) is 2.64. The summed E-state index contributed by atoms with van der Waals surface area (Å²) in [6.45, 7) is 5.39. The number of hydrogen-bond donors (Lipinski definition) is 1. The van der Waals surface area contributed by atoms with Gasteiger partial charge in [0.2, 0.25) is 0 Å². The van der Waals surface area contributed by atoms with Crippen molar-refractivity contribution in [1.82, 2.24) is 0 Å². The van der Waals surface area contributed by atoms with Crippen LogP contribution in [0.2, 0.25) is 0 Å². The Morgan fingerprint density at radius 1 is 1.22 bits per heavy atom. The van der Waals surface area contributed by atoms with E-state index in [2.05, 4.69) is 17.4 Å².